The molecule has 8 nitrogen and oxygen atoms in total. The Balaban J connectivity index is 1.79. The van der Waals surface area contributed by atoms with Crippen LogP contribution in [0.3, 0.4) is 0 Å². The Morgan fingerprint density at radius 3 is 2.48 bits per heavy atom. The minimum absolute atomic E-state index is 0.0190. The number of hydrogen-bond donors (Lipinski definition) is 0. The van der Waals surface area contributed by atoms with Crippen molar-refractivity contribution in [2.45, 2.75) is 20.3 Å². The zero-order chi connectivity index (χ0) is 18.4. The summed E-state index contributed by atoms with van der Waals surface area (Å²) in [5.74, 6) is -0.160. The highest BCUT2D eigenvalue weighted by Crippen LogP contribution is 2.25. The number of nitrogens with zero attached hydrogens (tertiary/aromatic N) is 2. The molecule has 136 valence electrons. The monoisotopic (exact) mass is 350 g/mol. The van der Waals surface area contributed by atoms with Crippen molar-refractivity contribution in [3.8, 4) is 5.75 Å². The Hall–Kier alpha value is -2.64. The van der Waals surface area contributed by atoms with Crippen molar-refractivity contribution in [3.05, 3.63) is 34.4 Å². The van der Waals surface area contributed by atoms with E-state index in [0.29, 0.717) is 24.9 Å². The van der Waals surface area contributed by atoms with Crippen LogP contribution in [-0.2, 0) is 14.3 Å². The zero-order valence-corrected chi connectivity index (χ0v) is 14.3. The van der Waals surface area contributed by atoms with Crippen molar-refractivity contribution >= 4 is 17.6 Å². The summed E-state index contributed by atoms with van der Waals surface area (Å²) in [5.41, 5.74) is -0.234. The van der Waals surface area contributed by atoms with Gasteiger partial charge in [-0.2, -0.15) is 0 Å². The first-order valence-electron chi connectivity index (χ1n) is 8.16. The molecule has 0 unspecified atom stereocenters. The molecule has 0 bridgehead atoms. The number of hydrogen-bond acceptors (Lipinski definition) is 6. The van der Waals surface area contributed by atoms with Crippen LogP contribution in [0, 0.1) is 22.0 Å². The van der Waals surface area contributed by atoms with Gasteiger partial charge in [-0.25, -0.2) is 4.79 Å². The van der Waals surface area contributed by atoms with E-state index in [4.69, 9.17) is 9.47 Å². The van der Waals surface area contributed by atoms with E-state index in [9.17, 15) is 19.7 Å². The quantitative estimate of drug-likeness (QED) is 0.442. The largest absolute Gasteiger partial charge is 0.475 e. The standard InChI is InChI=1S/C17H22N2O6/c1-12-7-13(2)9-18(8-12)16(20)10-25-17(21)11-24-15-6-4-3-5-14(15)19(22)23/h3-6,12-13H,7-11H2,1-2H3/t12-,13+. The molecule has 25 heavy (non-hydrogen) atoms. The molecule has 2 rings (SSSR count). The maximum atomic E-state index is 12.1. The van der Waals surface area contributed by atoms with E-state index in [1.807, 2.05) is 0 Å². The zero-order valence-electron chi connectivity index (χ0n) is 14.3. The van der Waals surface area contributed by atoms with Crippen molar-refractivity contribution in [1.29, 1.82) is 0 Å². The van der Waals surface area contributed by atoms with Crippen molar-refractivity contribution < 1.29 is 24.0 Å². The minimum atomic E-state index is -0.746. The number of para-hydroxylation sites is 2. The molecule has 1 saturated heterocycles. The lowest BCUT2D eigenvalue weighted by atomic mass is 9.92. The molecule has 0 aromatic heterocycles. The van der Waals surface area contributed by atoms with E-state index in [1.54, 1.807) is 11.0 Å². The highest BCUT2D eigenvalue weighted by Gasteiger charge is 2.26. The second kappa shape index (κ2) is 8.46. The van der Waals surface area contributed by atoms with Gasteiger partial charge in [-0.3, -0.25) is 14.9 Å². The van der Waals surface area contributed by atoms with E-state index in [-0.39, 0.29) is 24.0 Å². The second-order valence-electron chi connectivity index (χ2n) is 6.42. The molecular formula is C17H22N2O6. The Kier molecular flexibility index (Phi) is 6.32. The first-order chi connectivity index (χ1) is 11.9. The fourth-order valence-electron chi connectivity index (χ4n) is 3.01. The summed E-state index contributed by atoms with van der Waals surface area (Å²) < 4.78 is 10.1. The Labute approximate surface area is 145 Å². The average Bonchev–Trinajstić information content (AvgIpc) is 2.57. The summed E-state index contributed by atoms with van der Waals surface area (Å²) in [4.78, 5) is 35.8. The molecule has 1 fully saturated rings. The molecule has 1 heterocycles. The van der Waals surface area contributed by atoms with Crippen molar-refractivity contribution in [2.24, 2.45) is 11.8 Å². The van der Waals surface area contributed by atoms with Crippen LogP contribution in [0.2, 0.25) is 0 Å². The molecule has 1 amide bonds. The number of carbonyl (C=O) groups excluding carboxylic acids is 2. The van der Waals surface area contributed by atoms with Gasteiger partial charge in [-0.15, -0.1) is 0 Å². The van der Waals surface area contributed by atoms with Crippen molar-refractivity contribution in [2.75, 3.05) is 26.3 Å². The summed E-state index contributed by atoms with van der Waals surface area (Å²) >= 11 is 0. The molecular weight excluding hydrogens is 328 g/mol. The number of esters is 1. The minimum Gasteiger partial charge on any atom is -0.475 e. The van der Waals surface area contributed by atoms with Crippen molar-refractivity contribution in [1.82, 2.24) is 4.90 Å². The van der Waals surface area contributed by atoms with E-state index in [1.165, 1.54) is 18.2 Å². The van der Waals surface area contributed by atoms with Crippen LogP contribution in [0.25, 0.3) is 0 Å². The molecule has 0 spiro atoms. The van der Waals surface area contributed by atoms with Crippen molar-refractivity contribution in [3.63, 3.8) is 0 Å². The number of amides is 1. The van der Waals surface area contributed by atoms with Gasteiger partial charge in [0.05, 0.1) is 4.92 Å². The maximum absolute atomic E-state index is 12.1. The number of benzene rings is 1. The van der Waals surface area contributed by atoms with E-state index in [0.717, 1.165) is 6.42 Å². The van der Waals surface area contributed by atoms with Gasteiger partial charge in [0.1, 0.15) is 0 Å². The highest BCUT2D eigenvalue weighted by molar-refractivity contribution is 5.81. The number of carbonyl (C=O) groups is 2. The summed E-state index contributed by atoms with van der Waals surface area (Å²) in [6.45, 7) is 4.65. The first kappa shape index (κ1) is 18.7. The van der Waals surface area contributed by atoms with Crippen LogP contribution in [0.1, 0.15) is 20.3 Å². The molecule has 8 heteroatoms. The van der Waals surface area contributed by atoms with Gasteiger partial charge in [0.25, 0.3) is 5.91 Å². The molecule has 1 aliphatic heterocycles. The number of nitro benzene ring substituents is 1. The number of nitro groups is 1. The molecule has 0 radical (unpaired) electrons. The lowest BCUT2D eigenvalue weighted by molar-refractivity contribution is -0.385. The number of likely N-dealkylation sites (tertiary alicyclic amines) is 1. The Bertz CT molecular complexity index is 638. The maximum Gasteiger partial charge on any atom is 0.344 e. The number of rotatable bonds is 6. The van der Waals surface area contributed by atoms with Gasteiger partial charge in [-0.05, 0) is 24.3 Å². The van der Waals surface area contributed by atoms with E-state index < -0.39 is 17.5 Å². The molecule has 0 N–H and O–H groups in total. The van der Waals surface area contributed by atoms with Gasteiger partial charge >= 0.3 is 11.7 Å². The molecule has 0 aliphatic carbocycles. The van der Waals surface area contributed by atoms with Crippen LogP contribution in [0.4, 0.5) is 5.69 Å². The summed E-state index contributed by atoms with van der Waals surface area (Å²) in [6, 6.07) is 5.74. The molecule has 2 atom stereocenters. The van der Waals surface area contributed by atoms with Gasteiger partial charge in [0, 0.05) is 19.2 Å². The fraction of sp³-hybridized carbons (Fsp3) is 0.529. The normalized spacial score (nSPS) is 20.0. The molecule has 0 saturated carbocycles. The third-order valence-corrected chi connectivity index (χ3v) is 3.99. The Morgan fingerprint density at radius 1 is 1.20 bits per heavy atom. The highest BCUT2D eigenvalue weighted by atomic mass is 16.6. The fourth-order valence-corrected chi connectivity index (χ4v) is 3.01. The average molecular weight is 350 g/mol. The summed E-state index contributed by atoms with van der Waals surface area (Å²) in [6.07, 6.45) is 1.08. The van der Waals surface area contributed by atoms with Crippen LogP contribution in [0.5, 0.6) is 5.75 Å². The predicted molar refractivity (Wildman–Crippen MR) is 89.1 cm³/mol. The van der Waals surface area contributed by atoms with Gasteiger partial charge < -0.3 is 14.4 Å². The molecule has 1 aliphatic rings. The third kappa shape index (κ3) is 5.44. The number of piperidine rings is 1. The van der Waals surface area contributed by atoms with Crippen LogP contribution in [0.15, 0.2) is 24.3 Å². The summed E-state index contributed by atoms with van der Waals surface area (Å²) in [5, 5.41) is 10.9. The lowest BCUT2D eigenvalue weighted by Gasteiger charge is -2.34. The van der Waals surface area contributed by atoms with Gasteiger partial charge in [-0.1, -0.05) is 26.0 Å². The van der Waals surface area contributed by atoms with E-state index in [2.05, 4.69) is 13.8 Å². The molecule has 1 aromatic carbocycles. The third-order valence-electron chi connectivity index (χ3n) is 3.99. The van der Waals surface area contributed by atoms with Crippen LogP contribution in [-0.4, -0.2) is 48.0 Å². The summed E-state index contributed by atoms with van der Waals surface area (Å²) in [7, 11) is 0. The smallest absolute Gasteiger partial charge is 0.344 e. The van der Waals surface area contributed by atoms with Gasteiger partial charge in [0.2, 0.25) is 0 Å². The van der Waals surface area contributed by atoms with Crippen LogP contribution >= 0.6 is 0 Å². The topological polar surface area (TPSA) is 99.0 Å². The molecule has 1 aromatic rings. The lowest BCUT2D eigenvalue weighted by Crippen LogP contribution is -2.44. The number of ether oxygens (including phenoxy) is 2. The van der Waals surface area contributed by atoms with E-state index >= 15 is 0 Å². The predicted octanol–water partition coefficient (Wildman–Crippen LogP) is 2.02. The first-order valence-corrected chi connectivity index (χ1v) is 8.16. The Morgan fingerprint density at radius 2 is 1.84 bits per heavy atom. The van der Waals surface area contributed by atoms with Gasteiger partial charge in [0.15, 0.2) is 19.0 Å². The van der Waals surface area contributed by atoms with Crippen LogP contribution < -0.4 is 4.74 Å². The second-order valence-corrected chi connectivity index (χ2v) is 6.42. The SMILES string of the molecule is C[C@@H]1C[C@H](C)CN(C(=O)COC(=O)COc2ccccc2[N+](=O)[O-])C1.